The zero-order chi connectivity index (χ0) is 15.3. The molecule has 0 aliphatic heterocycles. The normalized spacial score (nSPS) is 13.4. The molecular weight excluding hydrogens is 309 g/mol. The third-order valence-corrected chi connectivity index (χ3v) is 4.19. The quantitative estimate of drug-likeness (QED) is 0.799. The van der Waals surface area contributed by atoms with Crippen molar-refractivity contribution in [2.75, 3.05) is 13.2 Å². The van der Waals surface area contributed by atoms with Gasteiger partial charge in [0.05, 0.1) is 12.7 Å². The van der Waals surface area contributed by atoms with Crippen molar-refractivity contribution in [3.63, 3.8) is 0 Å². The summed E-state index contributed by atoms with van der Waals surface area (Å²) in [6.45, 7) is 3.30. The molecule has 0 saturated heterocycles. The summed E-state index contributed by atoms with van der Waals surface area (Å²) in [7, 11) is -4.06. The first-order chi connectivity index (χ1) is 9.31. The number of ether oxygens (including phenoxy) is 1. The summed E-state index contributed by atoms with van der Waals surface area (Å²) >= 11 is 5.72. The molecule has 5 nitrogen and oxygen atoms in total. The highest BCUT2D eigenvalue weighted by Crippen LogP contribution is 2.23. The van der Waals surface area contributed by atoms with E-state index >= 15 is 0 Å². The van der Waals surface area contributed by atoms with Crippen LogP contribution in [0.2, 0.25) is 5.02 Å². The van der Waals surface area contributed by atoms with E-state index in [4.69, 9.17) is 21.4 Å². The van der Waals surface area contributed by atoms with Crippen molar-refractivity contribution in [2.45, 2.75) is 31.5 Å². The fourth-order valence-electron chi connectivity index (χ4n) is 1.58. The van der Waals surface area contributed by atoms with Crippen molar-refractivity contribution in [1.82, 2.24) is 4.72 Å². The maximum absolute atomic E-state index is 14.0. The molecule has 0 radical (unpaired) electrons. The Labute approximate surface area is 122 Å². The number of nitrogens with one attached hydrogen (secondary N) is 1. The van der Waals surface area contributed by atoms with Crippen molar-refractivity contribution in [1.29, 1.82) is 0 Å². The second-order valence-corrected chi connectivity index (χ2v) is 6.32. The lowest BCUT2D eigenvalue weighted by atomic mass is 10.2. The van der Waals surface area contributed by atoms with E-state index < -0.39 is 27.3 Å². The van der Waals surface area contributed by atoms with Gasteiger partial charge in [-0.2, -0.15) is 0 Å². The summed E-state index contributed by atoms with van der Waals surface area (Å²) in [5.41, 5.74) is -0.171. The average molecular weight is 326 g/mol. The van der Waals surface area contributed by atoms with E-state index in [0.29, 0.717) is 6.61 Å². The highest BCUT2D eigenvalue weighted by Gasteiger charge is 2.22. The van der Waals surface area contributed by atoms with Gasteiger partial charge in [-0.1, -0.05) is 11.6 Å². The fraction of sp³-hybridized carbons (Fsp3) is 0.500. The predicted octanol–water partition coefficient (Wildman–Crippen LogP) is 1.67. The lowest BCUT2D eigenvalue weighted by Crippen LogP contribution is -2.32. The second kappa shape index (κ2) is 7.33. The number of halogens is 2. The van der Waals surface area contributed by atoms with Crippen molar-refractivity contribution >= 4 is 21.6 Å². The van der Waals surface area contributed by atoms with E-state index in [1.54, 1.807) is 13.8 Å². The number of benzene rings is 1. The van der Waals surface area contributed by atoms with Gasteiger partial charge in [0.25, 0.3) is 0 Å². The van der Waals surface area contributed by atoms with Crippen LogP contribution in [0.1, 0.15) is 19.4 Å². The Balaban J connectivity index is 3.01. The van der Waals surface area contributed by atoms with Crippen molar-refractivity contribution in [2.24, 2.45) is 0 Å². The molecule has 0 heterocycles. The van der Waals surface area contributed by atoms with Crippen LogP contribution in [0.3, 0.4) is 0 Å². The molecule has 8 heteroatoms. The van der Waals surface area contributed by atoms with Crippen LogP contribution in [0.15, 0.2) is 17.0 Å². The first-order valence-electron chi connectivity index (χ1n) is 6.01. The molecule has 0 aliphatic carbocycles. The Kier molecular flexibility index (Phi) is 6.35. The molecule has 1 atom stereocenters. The number of hydrogen-bond donors (Lipinski definition) is 2. The minimum atomic E-state index is -4.06. The average Bonchev–Trinajstić information content (AvgIpc) is 2.39. The Morgan fingerprint density at radius 2 is 2.15 bits per heavy atom. The van der Waals surface area contributed by atoms with Crippen LogP contribution < -0.4 is 4.72 Å². The summed E-state index contributed by atoms with van der Waals surface area (Å²) in [6.07, 6.45) is -0.339. The molecule has 0 aromatic heterocycles. The zero-order valence-corrected chi connectivity index (χ0v) is 12.8. The number of hydrogen-bond acceptors (Lipinski definition) is 4. The first kappa shape index (κ1) is 17.3. The van der Waals surface area contributed by atoms with Gasteiger partial charge in [0, 0.05) is 23.7 Å². The van der Waals surface area contributed by atoms with Gasteiger partial charge < -0.3 is 9.84 Å². The second-order valence-electron chi connectivity index (χ2n) is 4.15. The molecule has 1 unspecified atom stereocenters. The Morgan fingerprint density at radius 1 is 1.50 bits per heavy atom. The van der Waals surface area contributed by atoms with Crippen LogP contribution in [0.5, 0.6) is 0 Å². The smallest absolute Gasteiger partial charge is 0.243 e. The predicted molar refractivity (Wildman–Crippen MR) is 73.6 cm³/mol. The lowest BCUT2D eigenvalue weighted by Gasteiger charge is -2.14. The molecular formula is C12H17ClFNO4S. The zero-order valence-electron chi connectivity index (χ0n) is 11.2. The SMILES string of the molecule is CCOC(C)CNS(=O)(=O)c1cc(Cl)cc(CO)c1F. The van der Waals surface area contributed by atoms with Gasteiger partial charge in [-0.05, 0) is 26.0 Å². The summed E-state index contributed by atoms with van der Waals surface area (Å²) in [5.74, 6) is -1.01. The molecule has 0 saturated carbocycles. The summed E-state index contributed by atoms with van der Waals surface area (Å²) in [6, 6.07) is 2.18. The molecule has 1 aromatic carbocycles. The third kappa shape index (κ3) is 4.39. The van der Waals surface area contributed by atoms with Gasteiger partial charge in [0.15, 0.2) is 0 Å². The lowest BCUT2D eigenvalue weighted by molar-refractivity contribution is 0.0799. The Hall–Kier alpha value is -0.730. The molecule has 1 aromatic rings. The van der Waals surface area contributed by atoms with E-state index in [1.165, 1.54) is 6.07 Å². The van der Waals surface area contributed by atoms with Gasteiger partial charge in [0.1, 0.15) is 10.7 Å². The topological polar surface area (TPSA) is 75.6 Å². The molecule has 114 valence electrons. The molecule has 2 N–H and O–H groups in total. The number of rotatable bonds is 7. The molecule has 0 aliphatic rings. The van der Waals surface area contributed by atoms with Gasteiger partial charge in [-0.3, -0.25) is 0 Å². The van der Waals surface area contributed by atoms with Crippen LogP contribution >= 0.6 is 11.6 Å². The third-order valence-electron chi connectivity index (χ3n) is 2.55. The summed E-state index contributed by atoms with van der Waals surface area (Å²) in [5, 5.41) is 9.02. The molecule has 20 heavy (non-hydrogen) atoms. The minimum Gasteiger partial charge on any atom is -0.392 e. The van der Waals surface area contributed by atoms with E-state index in [0.717, 1.165) is 6.07 Å². The van der Waals surface area contributed by atoms with E-state index in [1.807, 2.05) is 0 Å². The van der Waals surface area contributed by atoms with Gasteiger partial charge in [0.2, 0.25) is 10.0 Å². The fourth-order valence-corrected chi connectivity index (χ4v) is 3.14. The molecule has 0 bridgehead atoms. The standard InChI is InChI=1S/C12H17ClFNO4S/c1-3-19-8(2)6-15-20(17,18)11-5-10(13)4-9(7-16)12(11)14/h4-5,8,15-16H,3,6-7H2,1-2H3. The Morgan fingerprint density at radius 3 is 2.70 bits per heavy atom. The van der Waals surface area contributed by atoms with Crippen LogP contribution in [0.25, 0.3) is 0 Å². The number of sulfonamides is 1. The molecule has 0 spiro atoms. The van der Waals surface area contributed by atoms with Crippen molar-refractivity contribution in [3.05, 3.63) is 28.5 Å². The summed E-state index contributed by atoms with van der Waals surface area (Å²) in [4.78, 5) is -0.585. The summed E-state index contributed by atoms with van der Waals surface area (Å²) < 4.78 is 45.5. The van der Waals surface area contributed by atoms with Gasteiger partial charge >= 0.3 is 0 Å². The van der Waals surface area contributed by atoms with E-state index in [2.05, 4.69) is 4.72 Å². The van der Waals surface area contributed by atoms with Gasteiger partial charge in [-0.25, -0.2) is 17.5 Å². The van der Waals surface area contributed by atoms with Crippen LogP contribution in [-0.2, 0) is 21.4 Å². The molecule has 0 amide bonds. The van der Waals surface area contributed by atoms with Crippen molar-refractivity contribution in [3.8, 4) is 0 Å². The largest absolute Gasteiger partial charge is 0.392 e. The highest BCUT2D eigenvalue weighted by molar-refractivity contribution is 7.89. The monoisotopic (exact) mass is 325 g/mol. The maximum atomic E-state index is 14.0. The first-order valence-corrected chi connectivity index (χ1v) is 7.88. The maximum Gasteiger partial charge on any atom is 0.243 e. The molecule has 1 rings (SSSR count). The minimum absolute atomic E-state index is 0.0105. The van der Waals surface area contributed by atoms with Crippen LogP contribution in [0, 0.1) is 5.82 Å². The number of aliphatic hydroxyl groups excluding tert-OH is 1. The van der Waals surface area contributed by atoms with E-state index in [9.17, 15) is 12.8 Å². The van der Waals surface area contributed by atoms with E-state index in [-0.39, 0.29) is 23.2 Å². The Bertz CT molecular complexity index is 565. The molecule has 0 fully saturated rings. The van der Waals surface area contributed by atoms with Crippen LogP contribution in [-0.4, -0.2) is 32.8 Å². The van der Waals surface area contributed by atoms with Crippen molar-refractivity contribution < 1.29 is 22.7 Å². The van der Waals surface area contributed by atoms with Crippen LogP contribution in [0.4, 0.5) is 4.39 Å². The van der Waals surface area contributed by atoms with Gasteiger partial charge in [-0.15, -0.1) is 0 Å². The highest BCUT2D eigenvalue weighted by atomic mass is 35.5. The number of aliphatic hydroxyl groups is 1.